The first-order chi connectivity index (χ1) is 14.7. The molecule has 7 nitrogen and oxygen atoms in total. The molecule has 0 unspecified atom stereocenters. The Morgan fingerprint density at radius 2 is 1.65 bits per heavy atom. The maximum absolute atomic E-state index is 13.7. The molecule has 1 amide bonds. The van der Waals surface area contributed by atoms with Crippen LogP contribution in [0, 0.1) is 5.82 Å². The van der Waals surface area contributed by atoms with Crippen molar-refractivity contribution in [1.29, 1.82) is 0 Å². The third-order valence-electron chi connectivity index (χ3n) is 4.35. The van der Waals surface area contributed by atoms with Gasteiger partial charge in [-0.05, 0) is 54.8 Å². The Bertz CT molecular complexity index is 1020. The zero-order valence-electron chi connectivity index (χ0n) is 18.0. The van der Waals surface area contributed by atoms with E-state index >= 15 is 0 Å². The van der Waals surface area contributed by atoms with Crippen molar-refractivity contribution in [1.82, 2.24) is 16.0 Å². The maximum Gasteiger partial charge on any atom is 0.251 e. The molecule has 0 saturated heterocycles. The molecule has 0 aliphatic carbocycles. The highest BCUT2D eigenvalue weighted by Gasteiger charge is 2.11. The summed E-state index contributed by atoms with van der Waals surface area (Å²) in [5, 5.41) is 8.99. The van der Waals surface area contributed by atoms with E-state index in [9.17, 15) is 17.6 Å². The molecule has 31 heavy (non-hydrogen) atoms. The van der Waals surface area contributed by atoms with Crippen molar-refractivity contribution >= 4 is 21.7 Å². The van der Waals surface area contributed by atoms with Crippen LogP contribution in [-0.4, -0.2) is 39.6 Å². The Hall–Kier alpha value is -2.94. The lowest BCUT2D eigenvalue weighted by Crippen LogP contribution is -2.37. The van der Waals surface area contributed by atoms with Gasteiger partial charge in [0.1, 0.15) is 5.82 Å². The van der Waals surface area contributed by atoms with Gasteiger partial charge < -0.3 is 16.0 Å². The second-order valence-corrected chi connectivity index (χ2v) is 9.23. The number of sulfone groups is 1. The molecule has 168 valence electrons. The average molecular weight is 449 g/mol. The van der Waals surface area contributed by atoms with Crippen molar-refractivity contribution in [2.45, 2.75) is 32.7 Å². The van der Waals surface area contributed by atoms with Crippen LogP contribution in [0.1, 0.15) is 40.9 Å². The number of aliphatic imine (C=N–C) groups is 1. The number of carbonyl (C=O) groups excluding carboxylic acids is 1. The number of benzene rings is 2. The predicted octanol–water partition coefficient (Wildman–Crippen LogP) is 2.38. The number of nitrogens with zero attached hydrogens (tertiary/aromatic N) is 1. The second kappa shape index (κ2) is 11.5. The molecule has 2 aromatic rings. The summed E-state index contributed by atoms with van der Waals surface area (Å²) in [6, 6.07) is 11.3. The van der Waals surface area contributed by atoms with E-state index in [-0.39, 0.29) is 18.2 Å². The molecule has 2 rings (SSSR count). The number of nitrogens with one attached hydrogen (secondary N) is 3. The molecule has 0 heterocycles. The fourth-order valence-electron chi connectivity index (χ4n) is 2.90. The van der Waals surface area contributed by atoms with Crippen molar-refractivity contribution in [3.8, 4) is 0 Å². The van der Waals surface area contributed by atoms with Crippen LogP contribution >= 0.6 is 0 Å². The fraction of sp³-hybridized carbons (Fsp3) is 0.364. The van der Waals surface area contributed by atoms with E-state index in [1.165, 1.54) is 18.2 Å². The van der Waals surface area contributed by atoms with Gasteiger partial charge in [-0.15, -0.1) is 0 Å². The second-order valence-electron chi connectivity index (χ2n) is 7.09. The lowest BCUT2D eigenvalue weighted by atomic mass is 10.1. The van der Waals surface area contributed by atoms with Crippen LogP contribution in [0.3, 0.4) is 0 Å². The summed E-state index contributed by atoms with van der Waals surface area (Å²) in [7, 11) is -3.25. The Kier molecular flexibility index (Phi) is 8.99. The van der Waals surface area contributed by atoms with Crippen molar-refractivity contribution in [2.75, 3.05) is 19.3 Å². The van der Waals surface area contributed by atoms with Gasteiger partial charge in [0.15, 0.2) is 15.8 Å². The molecule has 0 atom stereocenters. The lowest BCUT2D eigenvalue weighted by Gasteiger charge is -2.14. The highest BCUT2D eigenvalue weighted by molar-refractivity contribution is 7.89. The molecule has 0 fully saturated rings. The normalized spacial score (nSPS) is 11.8. The van der Waals surface area contributed by atoms with Crippen molar-refractivity contribution in [3.05, 3.63) is 70.5 Å². The van der Waals surface area contributed by atoms with E-state index in [2.05, 4.69) is 20.9 Å². The molecule has 0 aliphatic rings. The standard InChI is InChI=1S/C22H29FN4O3S/c1-4-24-21(28)17-8-6-16(7-9-17)13-26-22(25-5-2)27-14-19-12-20(23)11-10-18(19)15-31(3,29)30/h6-12H,4-5,13-15H2,1-3H3,(H,24,28)(H2,25,26,27). The van der Waals surface area contributed by atoms with Gasteiger partial charge in [-0.25, -0.2) is 17.8 Å². The predicted molar refractivity (Wildman–Crippen MR) is 121 cm³/mol. The van der Waals surface area contributed by atoms with E-state index < -0.39 is 15.7 Å². The first kappa shape index (κ1) is 24.3. The summed E-state index contributed by atoms with van der Waals surface area (Å²) in [5.74, 6) is -0.184. The number of guanidine groups is 1. The minimum Gasteiger partial charge on any atom is -0.357 e. The molecule has 0 bridgehead atoms. The first-order valence-corrected chi connectivity index (χ1v) is 12.1. The third kappa shape index (κ3) is 8.37. The van der Waals surface area contributed by atoms with Crippen LogP contribution in [0.5, 0.6) is 0 Å². The van der Waals surface area contributed by atoms with Gasteiger partial charge in [0.2, 0.25) is 0 Å². The van der Waals surface area contributed by atoms with Crippen LogP contribution < -0.4 is 16.0 Å². The minimum atomic E-state index is -3.25. The van der Waals surface area contributed by atoms with Gasteiger partial charge in [-0.1, -0.05) is 18.2 Å². The Balaban J connectivity index is 2.09. The first-order valence-electron chi connectivity index (χ1n) is 10.1. The van der Waals surface area contributed by atoms with Crippen molar-refractivity contribution in [2.24, 2.45) is 4.99 Å². The van der Waals surface area contributed by atoms with Gasteiger partial charge in [0.25, 0.3) is 5.91 Å². The Morgan fingerprint density at radius 3 is 2.26 bits per heavy atom. The third-order valence-corrected chi connectivity index (χ3v) is 5.19. The van der Waals surface area contributed by atoms with E-state index in [0.717, 1.165) is 11.8 Å². The summed E-state index contributed by atoms with van der Waals surface area (Å²) >= 11 is 0. The van der Waals surface area contributed by atoms with E-state index in [1.807, 2.05) is 26.0 Å². The summed E-state index contributed by atoms with van der Waals surface area (Å²) in [4.78, 5) is 16.4. The van der Waals surface area contributed by atoms with E-state index in [4.69, 9.17) is 0 Å². The van der Waals surface area contributed by atoms with Crippen LogP contribution in [0.2, 0.25) is 0 Å². The number of hydrogen-bond donors (Lipinski definition) is 3. The summed E-state index contributed by atoms with van der Waals surface area (Å²) in [6.07, 6.45) is 1.15. The van der Waals surface area contributed by atoms with E-state index in [1.54, 1.807) is 12.1 Å². The quantitative estimate of drug-likeness (QED) is 0.404. The molecule has 9 heteroatoms. The van der Waals surface area contributed by atoms with Gasteiger partial charge >= 0.3 is 0 Å². The average Bonchev–Trinajstić information content (AvgIpc) is 2.71. The van der Waals surface area contributed by atoms with Gasteiger partial charge in [0, 0.05) is 31.5 Å². The molecular formula is C22H29FN4O3S. The molecular weight excluding hydrogens is 419 g/mol. The number of carbonyl (C=O) groups is 1. The van der Waals surface area contributed by atoms with Crippen LogP contribution in [0.15, 0.2) is 47.5 Å². The number of amides is 1. The maximum atomic E-state index is 13.7. The Labute approximate surface area is 183 Å². The van der Waals surface area contributed by atoms with Crippen LogP contribution in [0.25, 0.3) is 0 Å². The molecule has 3 N–H and O–H groups in total. The summed E-state index contributed by atoms with van der Waals surface area (Å²) < 4.78 is 37.0. The van der Waals surface area contributed by atoms with Crippen LogP contribution in [-0.2, 0) is 28.7 Å². The van der Waals surface area contributed by atoms with Crippen molar-refractivity contribution < 1.29 is 17.6 Å². The Morgan fingerprint density at radius 1 is 0.968 bits per heavy atom. The largest absolute Gasteiger partial charge is 0.357 e. The molecule has 0 aliphatic heterocycles. The molecule has 0 radical (unpaired) electrons. The molecule has 0 spiro atoms. The highest BCUT2D eigenvalue weighted by atomic mass is 32.2. The van der Waals surface area contributed by atoms with Crippen LogP contribution in [0.4, 0.5) is 4.39 Å². The molecule has 0 saturated carbocycles. The SMILES string of the molecule is CCNC(=O)c1ccc(CN=C(NCC)NCc2cc(F)ccc2CS(C)(=O)=O)cc1. The zero-order valence-corrected chi connectivity index (χ0v) is 18.9. The number of hydrogen-bond acceptors (Lipinski definition) is 4. The van der Waals surface area contributed by atoms with Gasteiger partial charge in [-0.2, -0.15) is 0 Å². The number of halogens is 1. The fourth-order valence-corrected chi connectivity index (χ4v) is 3.74. The molecule has 2 aromatic carbocycles. The smallest absolute Gasteiger partial charge is 0.251 e. The highest BCUT2D eigenvalue weighted by Crippen LogP contribution is 2.14. The number of rotatable bonds is 9. The minimum absolute atomic E-state index is 0.118. The molecule has 0 aromatic heterocycles. The zero-order chi connectivity index (χ0) is 22.9. The summed E-state index contributed by atoms with van der Waals surface area (Å²) in [5.41, 5.74) is 2.62. The van der Waals surface area contributed by atoms with Crippen molar-refractivity contribution in [3.63, 3.8) is 0 Å². The van der Waals surface area contributed by atoms with Gasteiger partial charge in [0.05, 0.1) is 12.3 Å². The lowest BCUT2D eigenvalue weighted by molar-refractivity contribution is 0.0956. The van der Waals surface area contributed by atoms with Gasteiger partial charge in [-0.3, -0.25) is 4.79 Å². The summed E-state index contributed by atoms with van der Waals surface area (Å²) in [6.45, 7) is 5.59. The van der Waals surface area contributed by atoms with E-state index in [0.29, 0.717) is 42.3 Å². The monoisotopic (exact) mass is 448 g/mol. The topological polar surface area (TPSA) is 99.7 Å².